The maximum atomic E-state index is 12.4. The van der Waals surface area contributed by atoms with Crippen LogP contribution in [0.5, 0.6) is 0 Å². The second-order valence-corrected chi connectivity index (χ2v) is 5.54. The van der Waals surface area contributed by atoms with E-state index >= 15 is 0 Å². The summed E-state index contributed by atoms with van der Waals surface area (Å²) in [5.41, 5.74) is 3.46. The average Bonchev–Trinajstić information content (AvgIpc) is 2.86. The van der Waals surface area contributed by atoms with Gasteiger partial charge in [0.05, 0.1) is 6.04 Å². The standard InChI is InChI=1S/C16H19N3O2/c1-10-15-13(12-6-4-5-7-14(12)17-15)8-9-19(10)16(21)18(3)11(2)20/h4-7,10,17H,8-9H2,1-3H3. The van der Waals surface area contributed by atoms with E-state index in [9.17, 15) is 9.59 Å². The molecule has 1 aliphatic heterocycles. The molecule has 0 radical (unpaired) electrons. The Hall–Kier alpha value is -2.30. The van der Waals surface area contributed by atoms with Gasteiger partial charge in [0.1, 0.15) is 0 Å². The van der Waals surface area contributed by atoms with Crippen molar-refractivity contribution in [1.29, 1.82) is 0 Å². The van der Waals surface area contributed by atoms with Crippen molar-refractivity contribution in [2.75, 3.05) is 13.6 Å². The first-order chi connectivity index (χ1) is 10.0. The van der Waals surface area contributed by atoms with Crippen molar-refractivity contribution < 1.29 is 9.59 Å². The zero-order valence-electron chi connectivity index (χ0n) is 12.5. The van der Waals surface area contributed by atoms with Crippen molar-refractivity contribution in [1.82, 2.24) is 14.8 Å². The number of H-pyrrole nitrogens is 1. The average molecular weight is 285 g/mol. The maximum Gasteiger partial charge on any atom is 0.326 e. The Morgan fingerprint density at radius 2 is 2.05 bits per heavy atom. The van der Waals surface area contributed by atoms with E-state index in [1.54, 1.807) is 4.90 Å². The molecule has 0 saturated carbocycles. The van der Waals surface area contributed by atoms with E-state index < -0.39 is 0 Å². The van der Waals surface area contributed by atoms with Crippen LogP contribution in [0.4, 0.5) is 4.79 Å². The fourth-order valence-corrected chi connectivity index (χ4v) is 3.02. The number of benzene rings is 1. The maximum absolute atomic E-state index is 12.4. The molecule has 1 N–H and O–H groups in total. The molecule has 1 unspecified atom stereocenters. The summed E-state index contributed by atoms with van der Waals surface area (Å²) in [6.07, 6.45) is 0.807. The van der Waals surface area contributed by atoms with Gasteiger partial charge in [-0.05, 0) is 25.0 Å². The van der Waals surface area contributed by atoms with Crippen molar-refractivity contribution in [2.45, 2.75) is 26.3 Å². The molecule has 0 spiro atoms. The number of aromatic nitrogens is 1. The molecule has 2 heterocycles. The second-order valence-electron chi connectivity index (χ2n) is 5.54. The van der Waals surface area contributed by atoms with Gasteiger partial charge in [0.15, 0.2) is 0 Å². The number of para-hydroxylation sites is 1. The number of hydrogen-bond acceptors (Lipinski definition) is 2. The molecule has 3 amide bonds. The first kappa shape index (κ1) is 13.7. The number of nitrogens with zero attached hydrogens (tertiary/aromatic N) is 2. The molecule has 0 aliphatic carbocycles. The lowest BCUT2D eigenvalue weighted by Gasteiger charge is -2.35. The molecule has 110 valence electrons. The minimum absolute atomic E-state index is 0.0598. The molecule has 2 aromatic rings. The van der Waals surface area contributed by atoms with E-state index in [2.05, 4.69) is 11.1 Å². The quantitative estimate of drug-likeness (QED) is 0.809. The molecular weight excluding hydrogens is 266 g/mol. The van der Waals surface area contributed by atoms with Gasteiger partial charge in [-0.15, -0.1) is 0 Å². The van der Waals surface area contributed by atoms with Gasteiger partial charge in [0.2, 0.25) is 5.91 Å². The third-order valence-corrected chi connectivity index (χ3v) is 4.34. The van der Waals surface area contributed by atoms with E-state index in [4.69, 9.17) is 0 Å². The second kappa shape index (κ2) is 4.91. The Bertz CT molecular complexity index is 719. The highest BCUT2D eigenvalue weighted by molar-refractivity contribution is 5.93. The van der Waals surface area contributed by atoms with Crippen molar-refractivity contribution in [3.8, 4) is 0 Å². The lowest BCUT2D eigenvalue weighted by molar-refractivity contribution is -0.125. The number of fused-ring (bicyclic) bond motifs is 3. The first-order valence-electron chi connectivity index (χ1n) is 7.15. The van der Waals surface area contributed by atoms with E-state index in [0.717, 1.165) is 17.6 Å². The highest BCUT2D eigenvalue weighted by atomic mass is 16.2. The number of carbonyl (C=O) groups is 2. The van der Waals surface area contributed by atoms with Gasteiger partial charge in [-0.25, -0.2) is 4.79 Å². The van der Waals surface area contributed by atoms with Crippen LogP contribution in [-0.2, 0) is 11.2 Å². The number of amides is 3. The molecule has 21 heavy (non-hydrogen) atoms. The zero-order chi connectivity index (χ0) is 15.1. The lowest BCUT2D eigenvalue weighted by atomic mass is 9.98. The minimum atomic E-state index is -0.241. The van der Waals surface area contributed by atoms with Gasteiger partial charge < -0.3 is 9.88 Å². The van der Waals surface area contributed by atoms with Crippen LogP contribution in [0, 0.1) is 0 Å². The van der Waals surface area contributed by atoms with E-state index in [-0.39, 0.29) is 18.0 Å². The molecule has 1 atom stereocenters. The molecular formula is C16H19N3O2. The van der Waals surface area contributed by atoms with Crippen molar-refractivity contribution in [3.63, 3.8) is 0 Å². The molecule has 0 bridgehead atoms. The number of nitrogens with one attached hydrogen (secondary N) is 1. The lowest BCUT2D eigenvalue weighted by Crippen LogP contribution is -2.47. The number of carbonyl (C=O) groups excluding carboxylic acids is 2. The summed E-state index contributed by atoms with van der Waals surface area (Å²) < 4.78 is 0. The Labute approximate surface area is 123 Å². The van der Waals surface area contributed by atoms with Crippen molar-refractivity contribution in [3.05, 3.63) is 35.5 Å². The Kier molecular flexibility index (Phi) is 3.20. The van der Waals surface area contributed by atoms with Crippen LogP contribution in [-0.4, -0.2) is 40.3 Å². The van der Waals surface area contributed by atoms with Gasteiger partial charge in [-0.1, -0.05) is 18.2 Å². The van der Waals surface area contributed by atoms with Gasteiger partial charge >= 0.3 is 6.03 Å². The summed E-state index contributed by atoms with van der Waals surface area (Å²) in [6.45, 7) is 4.03. The molecule has 1 aromatic heterocycles. The summed E-state index contributed by atoms with van der Waals surface area (Å²) in [4.78, 5) is 30.1. The SMILES string of the molecule is CC(=O)N(C)C(=O)N1CCc2c([nH]c3ccccc23)C1C. The Morgan fingerprint density at radius 3 is 2.76 bits per heavy atom. The van der Waals surface area contributed by atoms with Crippen LogP contribution in [0.1, 0.15) is 31.1 Å². The Morgan fingerprint density at radius 1 is 1.33 bits per heavy atom. The van der Waals surface area contributed by atoms with Crippen LogP contribution in [0.25, 0.3) is 10.9 Å². The zero-order valence-corrected chi connectivity index (χ0v) is 12.5. The normalized spacial score (nSPS) is 17.7. The molecule has 5 heteroatoms. The highest BCUT2D eigenvalue weighted by Gasteiger charge is 2.32. The van der Waals surface area contributed by atoms with Crippen LogP contribution < -0.4 is 0 Å². The molecule has 1 aromatic carbocycles. The predicted molar refractivity (Wildman–Crippen MR) is 81.0 cm³/mol. The predicted octanol–water partition coefficient (Wildman–Crippen LogP) is 2.69. The summed E-state index contributed by atoms with van der Waals surface area (Å²) in [6, 6.07) is 7.89. The smallest absolute Gasteiger partial charge is 0.326 e. The molecule has 0 fully saturated rings. The van der Waals surface area contributed by atoms with Gasteiger partial charge in [-0.3, -0.25) is 9.69 Å². The van der Waals surface area contributed by atoms with Crippen LogP contribution in [0.3, 0.4) is 0 Å². The fraction of sp³-hybridized carbons (Fsp3) is 0.375. The molecule has 0 saturated heterocycles. The minimum Gasteiger partial charge on any atom is -0.356 e. The van der Waals surface area contributed by atoms with Crippen LogP contribution in [0.15, 0.2) is 24.3 Å². The highest BCUT2D eigenvalue weighted by Crippen LogP contribution is 2.34. The number of imide groups is 1. The fourth-order valence-electron chi connectivity index (χ4n) is 3.02. The Balaban J connectivity index is 1.97. The monoisotopic (exact) mass is 285 g/mol. The van der Waals surface area contributed by atoms with E-state index in [1.807, 2.05) is 25.1 Å². The van der Waals surface area contributed by atoms with Gasteiger partial charge in [-0.2, -0.15) is 0 Å². The molecule has 3 rings (SSSR count). The van der Waals surface area contributed by atoms with E-state index in [0.29, 0.717) is 6.54 Å². The molecule has 1 aliphatic rings. The summed E-state index contributed by atoms with van der Waals surface area (Å²) in [5, 5.41) is 1.23. The van der Waals surface area contributed by atoms with Gasteiger partial charge in [0, 0.05) is 37.1 Å². The number of rotatable bonds is 0. The van der Waals surface area contributed by atoms with Crippen LogP contribution in [0.2, 0.25) is 0 Å². The largest absolute Gasteiger partial charge is 0.356 e. The number of hydrogen-bond donors (Lipinski definition) is 1. The summed E-state index contributed by atoms with van der Waals surface area (Å²) >= 11 is 0. The first-order valence-corrected chi connectivity index (χ1v) is 7.15. The van der Waals surface area contributed by atoms with Crippen LogP contribution >= 0.6 is 0 Å². The van der Waals surface area contributed by atoms with E-state index in [1.165, 1.54) is 29.8 Å². The third-order valence-electron chi connectivity index (χ3n) is 4.34. The van der Waals surface area contributed by atoms with Gasteiger partial charge in [0.25, 0.3) is 0 Å². The van der Waals surface area contributed by atoms with Crippen molar-refractivity contribution >= 4 is 22.8 Å². The summed E-state index contributed by atoms with van der Waals surface area (Å²) in [7, 11) is 1.53. The number of aromatic amines is 1. The van der Waals surface area contributed by atoms with Crippen molar-refractivity contribution in [2.24, 2.45) is 0 Å². The number of urea groups is 1. The summed E-state index contributed by atoms with van der Waals surface area (Å²) in [5.74, 6) is -0.241. The molecule has 5 nitrogen and oxygen atoms in total. The third kappa shape index (κ3) is 2.09. The topological polar surface area (TPSA) is 56.4 Å².